The predicted molar refractivity (Wildman–Crippen MR) is 97.3 cm³/mol. The number of anilines is 1. The van der Waals surface area contributed by atoms with Crippen LogP contribution in [0.5, 0.6) is 0 Å². The topological polar surface area (TPSA) is 54.9 Å². The fraction of sp³-hybridized carbons (Fsp3) is 0.190. The number of nitrogens with zero attached hydrogens (tertiary/aromatic N) is 2. The highest BCUT2D eigenvalue weighted by Gasteiger charge is 2.36. The summed E-state index contributed by atoms with van der Waals surface area (Å²) in [5, 5.41) is 4.62. The summed E-state index contributed by atoms with van der Waals surface area (Å²) in [6.45, 7) is 0. The summed E-state index contributed by atoms with van der Waals surface area (Å²) in [5.74, 6) is 0.162. The molecule has 1 N–H and O–H groups in total. The minimum Gasteiger partial charge on any atom is -0.358 e. The number of nitrogens with one attached hydrogen (secondary N) is 1. The zero-order valence-electron chi connectivity index (χ0n) is 13.7. The Hall–Kier alpha value is -3.01. The number of benzene rings is 1. The molecule has 0 unspecified atom stereocenters. The average Bonchev–Trinajstić information content (AvgIpc) is 2.67. The van der Waals surface area contributed by atoms with Gasteiger partial charge in [-0.1, -0.05) is 12.1 Å². The van der Waals surface area contributed by atoms with Crippen molar-refractivity contribution < 1.29 is 4.79 Å². The molecule has 122 valence electrons. The van der Waals surface area contributed by atoms with E-state index in [2.05, 4.69) is 33.5 Å². The number of pyridine rings is 2. The van der Waals surface area contributed by atoms with E-state index in [-0.39, 0.29) is 11.7 Å². The van der Waals surface area contributed by atoms with Crippen molar-refractivity contribution in [3.63, 3.8) is 0 Å². The lowest BCUT2D eigenvalue weighted by Crippen LogP contribution is -2.27. The molecule has 3 heterocycles. The maximum absolute atomic E-state index is 12.8. The molecule has 3 aromatic rings. The number of carbonyl (C=O) groups excluding carboxylic acids is 1. The molecule has 0 saturated heterocycles. The molecule has 5 rings (SSSR count). The number of fused-ring (bicyclic) bond motifs is 3. The lowest BCUT2D eigenvalue weighted by molar-refractivity contribution is -0.116. The summed E-state index contributed by atoms with van der Waals surface area (Å²) < 4.78 is 0. The summed E-state index contributed by atoms with van der Waals surface area (Å²) >= 11 is 0. The van der Waals surface area contributed by atoms with Crippen molar-refractivity contribution in [2.75, 3.05) is 5.32 Å². The third kappa shape index (κ3) is 2.18. The van der Waals surface area contributed by atoms with Gasteiger partial charge in [0, 0.05) is 53.3 Å². The summed E-state index contributed by atoms with van der Waals surface area (Å²) in [5.41, 5.74) is 6.19. The van der Waals surface area contributed by atoms with E-state index in [0.29, 0.717) is 6.42 Å². The molecule has 25 heavy (non-hydrogen) atoms. The average molecular weight is 327 g/mol. The normalized spacial score (nSPS) is 19.4. The van der Waals surface area contributed by atoms with Crippen LogP contribution in [0.2, 0.25) is 0 Å². The van der Waals surface area contributed by atoms with E-state index in [1.54, 1.807) is 12.4 Å². The molecule has 4 nitrogen and oxygen atoms in total. The van der Waals surface area contributed by atoms with Gasteiger partial charge in [0.2, 0.25) is 0 Å². The van der Waals surface area contributed by atoms with Crippen molar-refractivity contribution >= 4 is 22.4 Å². The Bertz CT molecular complexity index is 1020. The Kier molecular flexibility index (Phi) is 3.17. The Morgan fingerprint density at radius 2 is 1.96 bits per heavy atom. The predicted octanol–water partition coefficient (Wildman–Crippen LogP) is 4.19. The van der Waals surface area contributed by atoms with Gasteiger partial charge in [-0.15, -0.1) is 0 Å². The number of aromatic nitrogens is 2. The molecule has 1 atom stereocenters. The molecule has 0 spiro atoms. The Labute approximate surface area is 145 Å². The number of allylic oxidation sites excluding steroid dienone is 2. The highest BCUT2D eigenvalue weighted by molar-refractivity contribution is 6.03. The standard InChI is InChI=1S/C21H17N3O/c25-18-7-1-6-16-21(18)19(13-4-2-10-22-12-13)20-14-5-3-11-23-15(14)8-9-17(20)24-16/h2-5,8-12,19,24H,1,6-7H2/t19-/m0/s1. The van der Waals surface area contributed by atoms with E-state index in [0.717, 1.165) is 51.8 Å². The van der Waals surface area contributed by atoms with Gasteiger partial charge in [-0.05, 0) is 48.2 Å². The van der Waals surface area contributed by atoms with Crippen LogP contribution in [0.1, 0.15) is 36.3 Å². The summed E-state index contributed by atoms with van der Waals surface area (Å²) in [6, 6.07) is 12.2. The van der Waals surface area contributed by atoms with Crippen LogP contribution in [0.4, 0.5) is 5.69 Å². The van der Waals surface area contributed by atoms with Crippen LogP contribution < -0.4 is 5.32 Å². The van der Waals surface area contributed by atoms with Gasteiger partial charge in [-0.25, -0.2) is 0 Å². The van der Waals surface area contributed by atoms with E-state index < -0.39 is 0 Å². The van der Waals surface area contributed by atoms with Crippen molar-refractivity contribution in [3.8, 4) is 0 Å². The Morgan fingerprint density at radius 3 is 2.84 bits per heavy atom. The number of ketones is 1. The third-order valence-electron chi connectivity index (χ3n) is 5.16. The van der Waals surface area contributed by atoms with Crippen molar-refractivity contribution in [2.45, 2.75) is 25.2 Å². The Balaban J connectivity index is 1.85. The van der Waals surface area contributed by atoms with Gasteiger partial charge in [-0.2, -0.15) is 0 Å². The van der Waals surface area contributed by atoms with Crippen molar-refractivity contribution in [2.24, 2.45) is 0 Å². The molecule has 2 aliphatic rings. The molecule has 0 saturated carbocycles. The number of carbonyl (C=O) groups is 1. The third-order valence-corrected chi connectivity index (χ3v) is 5.16. The first-order chi connectivity index (χ1) is 12.3. The SMILES string of the molecule is O=C1CCCC2=C1[C@@H](c1cccnc1)c1c(ccc3ncccc13)N2. The van der Waals surface area contributed by atoms with E-state index in [1.165, 1.54) is 0 Å². The van der Waals surface area contributed by atoms with Crippen LogP contribution in [-0.4, -0.2) is 15.8 Å². The van der Waals surface area contributed by atoms with E-state index in [9.17, 15) is 4.79 Å². The van der Waals surface area contributed by atoms with Crippen LogP contribution in [-0.2, 0) is 4.79 Å². The second-order valence-corrected chi connectivity index (χ2v) is 6.61. The molecule has 0 radical (unpaired) electrons. The van der Waals surface area contributed by atoms with Crippen LogP contribution in [0.25, 0.3) is 10.9 Å². The second kappa shape index (κ2) is 5.52. The molecule has 2 aromatic heterocycles. The van der Waals surface area contributed by atoms with Crippen LogP contribution in [0.3, 0.4) is 0 Å². The highest BCUT2D eigenvalue weighted by Crippen LogP contribution is 2.47. The van der Waals surface area contributed by atoms with Gasteiger partial charge in [0.15, 0.2) is 5.78 Å². The molecule has 0 fully saturated rings. The van der Waals surface area contributed by atoms with Gasteiger partial charge in [0.05, 0.1) is 5.52 Å². The highest BCUT2D eigenvalue weighted by atomic mass is 16.1. The minimum absolute atomic E-state index is 0.0827. The maximum atomic E-state index is 12.8. The quantitative estimate of drug-likeness (QED) is 0.728. The smallest absolute Gasteiger partial charge is 0.161 e. The zero-order valence-corrected chi connectivity index (χ0v) is 13.7. The number of rotatable bonds is 1. The van der Waals surface area contributed by atoms with E-state index >= 15 is 0 Å². The number of hydrogen-bond donors (Lipinski definition) is 1. The summed E-state index contributed by atoms with van der Waals surface area (Å²) in [6.07, 6.45) is 7.91. The number of hydrogen-bond acceptors (Lipinski definition) is 4. The molecule has 1 aromatic carbocycles. The molecule has 4 heteroatoms. The first kappa shape index (κ1) is 14.3. The lowest BCUT2D eigenvalue weighted by atomic mass is 9.75. The van der Waals surface area contributed by atoms with Gasteiger partial charge in [0.1, 0.15) is 0 Å². The fourth-order valence-electron chi connectivity index (χ4n) is 4.11. The van der Waals surface area contributed by atoms with Crippen molar-refractivity contribution in [1.82, 2.24) is 9.97 Å². The lowest BCUT2D eigenvalue weighted by Gasteiger charge is -2.34. The Morgan fingerprint density at radius 1 is 1.04 bits per heavy atom. The van der Waals surface area contributed by atoms with Crippen molar-refractivity contribution in [1.29, 1.82) is 0 Å². The molecule has 0 bridgehead atoms. The van der Waals surface area contributed by atoms with Gasteiger partial charge >= 0.3 is 0 Å². The molecule has 0 amide bonds. The van der Waals surface area contributed by atoms with Crippen LogP contribution in [0.15, 0.2) is 66.3 Å². The zero-order chi connectivity index (χ0) is 16.8. The maximum Gasteiger partial charge on any atom is 0.161 e. The van der Waals surface area contributed by atoms with E-state index in [1.807, 2.05) is 24.4 Å². The fourth-order valence-corrected chi connectivity index (χ4v) is 4.11. The molecule has 1 aliphatic carbocycles. The van der Waals surface area contributed by atoms with Gasteiger partial charge in [-0.3, -0.25) is 14.8 Å². The van der Waals surface area contributed by atoms with Gasteiger partial charge < -0.3 is 5.32 Å². The molecular weight excluding hydrogens is 310 g/mol. The minimum atomic E-state index is -0.0827. The van der Waals surface area contributed by atoms with Gasteiger partial charge in [0.25, 0.3) is 0 Å². The summed E-state index contributed by atoms with van der Waals surface area (Å²) in [4.78, 5) is 21.6. The van der Waals surface area contributed by atoms with Crippen LogP contribution >= 0.6 is 0 Å². The first-order valence-electron chi connectivity index (χ1n) is 8.64. The monoisotopic (exact) mass is 327 g/mol. The molecular formula is C21H17N3O. The first-order valence-corrected chi connectivity index (χ1v) is 8.64. The number of Topliss-reactive ketones (excluding diaryl/α,β-unsaturated/α-hetero) is 1. The van der Waals surface area contributed by atoms with E-state index in [4.69, 9.17) is 0 Å². The second-order valence-electron chi connectivity index (χ2n) is 6.61. The largest absolute Gasteiger partial charge is 0.358 e. The summed E-state index contributed by atoms with van der Waals surface area (Å²) in [7, 11) is 0. The van der Waals surface area contributed by atoms with Crippen molar-refractivity contribution in [3.05, 3.63) is 77.4 Å². The van der Waals surface area contributed by atoms with Crippen LogP contribution in [0, 0.1) is 0 Å². The molecule has 1 aliphatic heterocycles.